The van der Waals surface area contributed by atoms with Crippen LogP contribution in [0.3, 0.4) is 0 Å². The van der Waals surface area contributed by atoms with Gasteiger partial charge in [-0.05, 0) is 35.4 Å². The molecule has 92 valence electrons. The van der Waals surface area contributed by atoms with E-state index in [1.54, 1.807) is 19.2 Å². The van der Waals surface area contributed by atoms with Gasteiger partial charge in [-0.25, -0.2) is 0 Å². The third kappa shape index (κ3) is 2.50. The Morgan fingerprint density at radius 3 is 2.00 bits per heavy atom. The first-order valence-electron chi connectivity index (χ1n) is 5.24. The Morgan fingerprint density at radius 1 is 1.00 bits per heavy atom. The molecular formula is C14H10Cl2O2. The van der Waals surface area contributed by atoms with Gasteiger partial charge in [0, 0.05) is 0 Å². The summed E-state index contributed by atoms with van der Waals surface area (Å²) >= 11 is 12.0. The predicted molar refractivity (Wildman–Crippen MR) is 73.8 cm³/mol. The van der Waals surface area contributed by atoms with Crippen molar-refractivity contribution in [3.05, 3.63) is 52.0 Å². The molecular weight excluding hydrogens is 271 g/mol. The highest BCUT2D eigenvalue weighted by molar-refractivity contribution is 6.38. The standard InChI is InChI=1S/C14H10Cl2O2/c1-18-11-4-2-9(3-5-11)10-6-13(15)12(8-17)14(16)7-10/h2-8H,1H3. The van der Waals surface area contributed by atoms with Crippen LogP contribution in [0.1, 0.15) is 10.4 Å². The molecule has 0 spiro atoms. The monoisotopic (exact) mass is 280 g/mol. The number of rotatable bonds is 3. The molecule has 0 radical (unpaired) electrons. The molecule has 2 rings (SSSR count). The third-order valence-electron chi connectivity index (χ3n) is 2.62. The first-order valence-corrected chi connectivity index (χ1v) is 6.00. The van der Waals surface area contributed by atoms with E-state index in [1.807, 2.05) is 24.3 Å². The van der Waals surface area contributed by atoms with Gasteiger partial charge in [0.2, 0.25) is 0 Å². The van der Waals surface area contributed by atoms with E-state index in [-0.39, 0.29) is 0 Å². The van der Waals surface area contributed by atoms with Crippen LogP contribution in [0.15, 0.2) is 36.4 Å². The number of benzene rings is 2. The van der Waals surface area contributed by atoms with Crippen molar-refractivity contribution >= 4 is 29.5 Å². The summed E-state index contributed by atoms with van der Waals surface area (Å²) in [6.07, 6.45) is 0.655. The summed E-state index contributed by atoms with van der Waals surface area (Å²) in [7, 11) is 1.61. The molecule has 0 saturated carbocycles. The van der Waals surface area contributed by atoms with Gasteiger partial charge in [0.05, 0.1) is 22.7 Å². The Labute approximate surface area is 115 Å². The maximum atomic E-state index is 10.8. The lowest BCUT2D eigenvalue weighted by Gasteiger charge is -2.07. The fourth-order valence-corrected chi connectivity index (χ4v) is 2.22. The van der Waals surface area contributed by atoms with Crippen LogP contribution in [0.2, 0.25) is 10.0 Å². The zero-order valence-electron chi connectivity index (χ0n) is 9.61. The van der Waals surface area contributed by atoms with Crippen LogP contribution in [0.5, 0.6) is 5.75 Å². The minimum Gasteiger partial charge on any atom is -0.497 e. The SMILES string of the molecule is COc1ccc(-c2cc(Cl)c(C=O)c(Cl)c2)cc1. The van der Waals surface area contributed by atoms with Crippen LogP contribution >= 0.6 is 23.2 Å². The van der Waals surface area contributed by atoms with Crippen LogP contribution in [0.4, 0.5) is 0 Å². The summed E-state index contributed by atoms with van der Waals surface area (Å²) in [5.41, 5.74) is 2.13. The fourth-order valence-electron chi connectivity index (χ4n) is 1.65. The van der Waals surface area contributed by atoms with Crippen molar-refractivity contribution in [3.63, 3.8) is 0 Å². The van der Waals surface area contributed by atoms with E-state index in [1.165, 1.54) is 0 Å². The highest BCUT2D eigenvalue weighted by Crippen LogP contribution is 2.31. The third-order valence-corrected chi connectivity index (χ3v) is 3.25. The topological polar surface area (TPSA) is 26.3 Å². The summed E-state index contributed by atoms with van der Waals surface area (Å²) in [6, 6.07) is 11.0. The molecule has 2 aromatic rings. The summed E-state index contributed by atoms with van der Waals surface area (Å²) in [6.45, 7) is 0. The van der Waals surface area contributed by atoms with Crippen molar-refractivity contribution in [2.75, 3.05) is 7.11 Å². The number of carbonyl (C=O) groups excluding carboxylic acids is 1. The Bertz CT molecular complexity index is 554. The smallest absolute Gasteiger partial charge is 0.153 e. The van der Waals surface area contributed by atoms with E-state index in [2.05, 4.69) is 0 Å². The molecule has 0 atom stereocenters. The molecule has 0 aliphatic rings. The van der Waals surface area contributed by atoms with E-state index >= 15 is 0 Å². The maximum absolute atomic E-state index is 10.8. The molecule has 2 nitrogen and oxygen atoms in total. The summed E-state index contributed by atoms with van der Waals surface area (Å²) in [5.74, 6) is 0.778. The molecule has 0 fully saturated rings. The van der Waals surface area contributed by atoms with Crippen molar-refractivity contribution in [3.8, 4) is 16.9 Å². The van der Waals surface area contributed by atoms with Crippen LogP contribution in [-0.2, 0) is 0 Å². The average molecular weight is 281 g/mol. The Kier molecular flexibility index (Phi) is 3.90. The Hall–Kier alpha value is -1.51. The number of methoxy groups -OCH3 is 1. The highest BCUT2D eigenvalue weighted by atomic mass is 35.5. The molecule has 0 unspecified atom stereocenters. The minimum absolute atomic E-state index is 0.315. The van der Waals surface area contributed by atoms with Crippen molar-refractivity contribution in [1.29, 1.82) is 0 Å². The van der Waals surface area contributed by atoms with Gasteiger partial charge in [-0.1, -0.05) is 35.3 Å². The second kappa shape index (κ2) is 5.42. The second-order valence-electron chi connectivity index (χ2n) is 3.70. The van der Waals surface area contributed by atoms with E-state index in [4.69, 9.17) is 27.9 Å². The summed E-state index contributed by atoms with van der Waals surface area (Å²) < 4.78 is 5.09. The zero-order valence-corrected chi connectivity index (χ0v) is 11.1. The van der Waals surface area contributed by atoms with Crippen LogP contribution in [-0.4, -0.2) is 13.4 Å². The summed E-state index contributed by atoms with van der Waals surface area (Å²) in [5, 5.41) is 0.701. The van der Waals surface area contributed by atoms with Gasteiger partial charge < -0.3 is 4.74 Å². The van der Waals surface area contributed by atoms with Crippen molar-refractivity contribution in [2.24, 2.45) is 0 Å². The quantitative estimate of drug-likeness (QED) is 0.775. The predicted octanol–water partition coefficient (Wildman–Crippen LogP) is 4.48. The van der Waals surface area contributed by atoms with Gasteiger partial charge in [0.15, 0.2) is 6.29 Å². The lowest BCUT2D eigenvalue weighted by atomic mass is 10.0. The van der Waals surface area contributed by atoms with Crippen LogP contribution < -0.4 is 4.74 Å². The average Bonchev–Trinajstić information content (AvgIpc) is 2.38. The number of hydrogen-bond acceptors (Lipinski definition) is 2. The molecule has 4 heteroatoms. The molecule has 18 heavy (non-hydrogen) atoms. The van der Waals surface area contributed by atoms with Crippen molar-refractivity contribution in [2.45, 2.75) is 0 Å². The number of ether oxygens (including phenoxy) is 1. The Balaban J connectivity index is 2.47. The van der Waals surface area contributed by atoms with E-state index in [9.17, 15) is 4.79 Å². The molecule has 2 aromatic carbocycles. The molecule has 0 aliphatic carbocycles. The van der Waals surface area contributed by atoms with Gasteiger partial charge in [-0.3, -0.25) is 4.79 Å². The molecule has 0 bridgehead atoms. The van der Waals surface area contributed by atoms with Crippen LogP contribution in [0.25, 0.3) is 11.1 Å². The molecule has 0 aromatic heterocycles. The van der Waals surface area contributed by atoms with Gasteiger partial charge in [0.1, 0.15) is 5.75 Å². The molecule has 0 aliphatic heterocycles. The second-order valence-corrected chi connectivity index (χ2v) is 4.51. The lowest BCUT2D eigenvalue weighted by molar-refractivity contribution is 0.112. The highest BCUT2D eigenvalue weighted by Gasteiger charge is 2.08. The van der Waals surface area contributed by atoms with Gasteiger partial charge >= 0.3 is 0 Å². The molecule has 0 N–H and O–H groups in total. The summed E-state index contributed by atoms with van der Waals surface area (Å²) in [4.78, 5) is 10.8. The van der Waals surface area contributed by atoms with Crippen molar-refractivity contribution < 1.29 is 9.53 Å². The maximum Gasteiger partial charge on any atom is 0.153 e. The van der Waals surface area contributed by atoms with E-state index < -0.39 is 0 Å². The fraction of sp³-hybridized carbons (Fsp3) is 0.0714. The molecule has 0 amide bonds. The minimum atomic E-state index is 0.315. The normalized spacial score (nSPS) is 10.2. The first-order chi connectivity index (χ1) is 8.65. The molecule has 0 heterocycles. The zero-order chi connectivity index (χ0) is 13.1. The lowest BCUT2D eigenvalue weighted by Crippen LogP contribution is -1.87. The van der Waals surface area contributed by atoms with E-state index in [0.717, 1.165) is 16.9 Å². The molecule has 0 saturated heterocycles. The first kappa shape index (κ1) is 12.9. The number of aldehydes is 1. The number of hydrogen-bond donors (Lipinski definition) is 0. The van der Waals surface area contributed by atoms with Gasteiger partial charge in [0.25, 0.3) is 0 Å². The largest absolute Gasteiger partial charge is 0.497 e. The van der Waals surface area contributed by atoms with Crippen LogP contribution in [0, 0.1) is 0 Å². The van der Waals surface area contributed by atoms with Gasteiger partial charge in [-0.15, -0.1) is 0 Å². The van der Waals surface area contributed by atoms with Crippen molar-refractivity contribution in [1.82, 2.24) is 0 Å². The Morgan fingerprint density at radius 2 is 1.56 bits per heavy atom. The van der Waals surface area contributed by atoms with E-state index in [0.29, 0.717) is 21.9 Å². The number of carbonyl (C=O) groups is 1. The van der Waals surface area contributed by atoms with Gasteiger partial charge in [-0.2, -0.15) is 0 Å². The number of halogens is 2.